The molecule has 2 amide bonds. The molecule has 1 aliphatic rings. The maximum absolute atomic E-state index is 12.0. The maximum atomic E-state index is 12.0. The van der Waals surface area contributed by atoms with Crippen molar-refractivity contribution in [1.29, 1.82) is 0 Å². The highest BCUT2D eigenvalue weighted by Crippen LogP contribution is 2.19. The molecule has 7 nitrogen and oxygen atoms in total. The number of hydrazone groups is 1. The van der Waals surface area contributed by atoms with Gasteiger partial charge in [0.05, 0.1) is 12.8 Å². The Balaban J connectivity index is 1.56. The molecule has 27 heavy (non-hydrogen) atoms. The fourth-order valence-electron chi connectivity index (χ4n) is 2.79. The molecule has 1 atom stereocenters. The van der Waals surface area contributed by atoms with Crippen molar-refractivity contribution in [2.45, 2.75) is 20.0 Å². The van der Waals surface area contributed by atoms with Crippen molar-refractivity contribution in [2.24, 2.45) is 11.0 Å². The average Bonchev–Trinajstić information content (AvgIpc) is 2.67. The standard InChI is InChI=1S/C20H21N3O4/c1-13-10-18(24)22-23-19(13)15-6-8-16(9-7-15)21-20(25)27-12-14-4-3-5-17(11-14)26-2/h3-9,11,13H,10,12H2,1-2H3,(H,21,25)(H,22,24). The molecular weight excluding hydrogens is 346 g/mol. The van der Waals surface area contributed by atoms with Crippen LogP contribution in [-0.4, -0.2) is 24.8 Å². The SMILES string of the molecule is COc1cccc(COC(=O)Nc2ccc(C3=NNC(=O)CC3C)cc2)c1. The summed E-state index contributed by atoms with van der Waals surface area (Å²) in [4.78, 5) is 23.3. The summed E-state index contributed by atoms with van der Waals surface area (Å²) in [6.07, 6.45) is -0.128. The van der Waals surface area contributed by atoms with Gasteiger partial charge in [0.25, 0.3) is 0 Å². The van der Waals surface area contributed by atoms with Gasteiger partial charge in [0.15, 0.2) is 0 Å². The molecule has 0 saturated carbocycles. The third-order valence-electron chi connectivity index (χ3n) is 4.19. The number of nitrogens with one attached hydrogen (secondary N) is 2. The molecule has 7 heteroatoms. The first-order valence-corrected chi connectivity index (χ1v) is 8.58. The first kappa shape index (κ1) is 18.4. The zero-order valence-corrected chi connectivity index (χ0v) is 15.2. The summed E-state index contributed by atoms with van der Waals surface area (Å²) in [5.74, 6) is 0.678. The molecule has 1 unspecified atom stereocenters. The summed E-state index contributed by atoms with van der Waals surface area (Å²) in [5, 5.41) is 6.81. The maximum Gasteiger partial charge on any atom is 0.411 e. The zero-order valence-electron chi connectivity index (χ0n) is 15.2. The average molecular weight is 367 g/mol. The second kappa shape index (κ2) is 8.35. The van der Waals surface area contributed by atoms with E-state index in [2.05, 4.69) is 15.8 Å². The first-order chi connectivity index (χ1) is 13.0. The van der Waals surface area contributed by atoms with Crippen LogP contribution in [0, 0.1) is 5.92 Å². The van der Waals surface area contributed by atoms with Crippen LogP contribution >= 0.6 is 0 Å². The predicted molar refractivity (Wildman–Crippen MR) is 102 cm³/mol. The molecule has 0 aliphatic carbocycles. The van der Waals surface area contributed by atoms with Gasteiger partial charge in [0, 0.05) is 18.0 Å². The number of methoxy groups -OCH3 is 1. The summed E-state index contributed by atoms with van der Waals surface area (Å²) >= 11 is 0. The number of nitrogens with zero attached hydrogens (tertiary/aromatic N) is 1. The Morgan fingerprint density at radius 2 is 2.04 bits per heavy atom. The molecule has 0 bridgehead atoms. The number of hydrogen-bond donors (Lipinski definition) is 2. The summed E-state index contributed by atoms with van der Waals surface area (Å²) < 4.78 is 10.4. The number of anilines is 1. The minimum atomic E-state index is -0.541. The van der Waals surface area contributed by atoms with E-state index >= 15 is 0 Å². The lowest BCUT2D eigenvalue weighted by Crippen LogP contribution is -2.31. The van der Waals surface area contributed by atoms with Crippen molar-refractivity contribution in [2.75, 3.05) is 12.4 Å². The molecule has 0 spiro atoms. The van der Waals surface area contributed by atoms with Crippen LogP contribution in [0.3, 0.4) is 0 Å². The van der Waals surface area contributed by atoms with E-state index in [1.165, 1.54) is 0 Å². The van der Waals surface area contributed by atoms with Crippen molar-refractivity contribution >= 4 is 23.4 Å². The lowest BCUT2D eigenvalue weighted by molar-refractivity contribution is -0.121. The smallest absolute Gasteiger partial charge is 0.411 e. The van der Waals surface area contributed by atoms with Gasteiger partial charge in [0.1, 0.15) is 12.4 Å². The van der Waals surface area contributed by atoms with Gasteiger partial charge in [-0.3, -0.25) is 10.1 Å². The van der Waals surface area contributed by atoms with Crippen LogP contribution in [0.15, 0.2) is 53.6 Å². The Bertz CT molecular complexity index is 862. The van der Waals surface area contributed by atoms with E-state index in [4.69, 9.17) is 9.47 Å². The Morgan fingerprint density at radius 1 is 1.26 bits per heavy atom. The third-order valence-corrected chi connectivity index (χ3v) is 4.19. The van der Waals surface area contributed by atoms with Crippen LogP contribution in [0.1, 0.15) is 24.5 Å². The number of ether oxygens (including phenoxy) is 2. The van der Waals surface area contributed by atoms with E-state index < -0.39 is 6.09 Å². The minimum Gasteiger partial charge on any atom is -0.497 e. The van der Waals surface area contributed by atoms with E-state index in [-0.39, 0.29) is 18.4 Å². The second-order valence-corrected chi connectivity index (χ2v) is 6.27. The molecule has 3 rings (SSSR count). The van der Waals surface area contributed by atoms with E-state index in [0.717, 1.165) is 16.8 Å². The van der Waals surface area contributed by atoms with E-state index in [9.17, 15) is 9.59 Å². The van der Waals surface area contributed by atoms with E-state index in [1.807, 2.05) is 43.3 Å². The highest BCUT2D eigenvalue weighted by atomic mass is 16.5. The molecule has 0 aromatic heterocycles. The summed E-state index contributed by atoms with van der Waals surface area (Å²) in [7, 11) is 1.59. The monoisotopic (exact) mass is 367 g/mol. The van der Waals surface area contributed by atoms with Gasteiger partial charge < -0.3 is 9.47 Å². The molecule has 140 valence electrons. The molecular formula is C20H21N3O4. The second-order valence-electron chi connectivity index (χ2n) is 6.27. The molecule has 0 radical (unpaired) electrons. The van der Waals surface area contributed by atoms with Crippen LogP contribution in [-0.2, 0) is 16.1 Å². The van der Waals surface area contributed by atoms with E-state index in [0.29, 0.717) is 17.9 Å². The molecule has 0 saturated heterocycles. The normalized spacial score (nSPS) is 16.1. The van der Waals surface area contributed by atoms with Gasteiger partial charge in [0.2, 0.25) is 5.91 Å². The molecule has 2 N–H and O–H groups in total. The lowest BCUT2D eigenvalue weighted by atomic mass is 9.94. The van der Waals surface area contributed by atoms with Gasteiger partial charge >= 0.3 is 6.09 Å². The van der Waals surface area contributed by atoms with Gasteiger partial charge in [-0.25, -0.2) is 10.2 Å². The highest BCUT2D eigenvalue weighted by Gasteiger charge is 2.21. The number of benzene rings is 2. The van der Waals surface area contributed by atoms with E-state index in [1.54, 1.807) is 19.2 Å². The van der Waals surface area contributed by atoms with Gasteiger partial charge in [-0.15, -0.1) is 0 Å². The van der Waals surface area contributed by atoms with Crippen molar-refractivity contribution in [3.05, 3.63) is 59.7 Å². The number of rotatable bonds is 5. The van der Waals surface area contributed by atoms with Crippen LogP contribution in [0.2, 0.25) is 0 Å². The summed E-state index contributed by atoms with van der Waals surface area (Å²) in [6.45, 7) is 2.11. The Kier molecular flexibility index (Phi) is 5.71. The minimum absolute atomic E-state index is 0.0467. The zero-order chi connectivity index (χ0) is 19.2. The number of amides is 2. The Morgan fingerprint density at radius 3 is 2.74 bits per heavy atom. The quantitative estimate of drug-likeness (QED) is 0.848. The van der Waals surface area contributed by atoms with Crippen LogP contribution in [0.4, 0.5) is 10.5 Å². The van der Waals surface area contributed by atoms with Crippen molar-refractivity contribution in [3.8, 4) is 5.75 Å². The molecule has 2 aromatic carbocycles. The Hall–Kier alpha value is -3.35. The molecule has 2 aromatic rings. The molecule has 1 heterocycles. The van der Waals surface area contributed by atoms with Crippen LogP contribution < -0.4 is 15.5 Å². The molecule has 1 aliphatic heterocycles. The Labute approximate surface area is 157 Å². The largest absolute Gasteiger partial charge is 0.497 e. The molecule has 0 fully saturated rings. The van der Waals surface area contributed by atoms with Crippen molar-refractivity contribution < 1.29 is 19.1 Å². The lowest BCUT2D eigenvalue weighted by Gasteiger charge is -2.19. The number of hydrogen-bond acceptors (Lipinski definition) is 5. The van der Waals surface area contributed by atoms with Crippen molar-refractivity contribution in [1.82, 2.24) is 5.43 Å². The van der Waals surface area contributed by atoms with Crippen LogP contribution in [0.5, 0.6) is 5.75 Å². The fraction of sp³-hybridized carbons (Fsp3) is 0.250. The van der Waals surface area contributed by atoms with Gasteiger partial charge in [-0.2, -0.15) is 5.10 Å². The number of carbonyl (C=O) groups excluding carboxylic acids is 2. The fourth-order valence-corrected chi connectivity index (χ4v) is 2.79. The highest BCUT2D eigenvalue weighted by molar-refractivity contribution is 6.06. The predicted octanol–water partition coefficient (Wildman–Crippen LogP) is 3.30. The summed E-state index contributed by atoms with van der Waals surface area (Å²) in [5.41, 5.74) is 5.67. The first-order valence-electron chi connectivity index (χ1n) is 8.58. The van der Waals surface area contributed by atoms with Crippen molar-refractivity contribution in [3.63, 3.8) is 0 Å². The summed E-state index contributed by atoms with van der Waals surface area (Å²) in [6, 6.07) is 14.6. The number of carbonyl (C=O) groups is 2. The van der Waals surface area contributed by atoms with Gasteiger partial charge in [-0.1, -0.05) is 31.2 Å². The third kappa shape index (κ3) is 4.84. The topological polar surface area (TPSA) is 89.0 Å². The van der Waals surface area contributed by atoms with Gasteiger partial charge in [-0.05, 0) is 35.4 Å². The van der Waals surface area contributed by atoms with Crippen LogP contribution in [0.25, 0.3) is 0 Å².